The molecule has 3 nitrogen and oxygen atoms in total. The number of halogens is 3. The molecule has 1 aromatic rings. The second kappa shape index (κ2) is 7.42. The van der Waals surface area contributed by atoms with E-state index in [0.29, 0.717) is 12.0 Å². The smallest absolute Gasteiger partial charge is 0.387 e. The molecule has 98 valence electrons. The fourth-order valence-corrected chi connectivity index (χ4v) is 1.37. The molecule has 0 heterocycles. The third-order valence-corrected chi connectivity index (χ3v) is 2.30. The molecule has 0 fully saturated rings. The first-order valence-electron chi connectivity index (χ1n) is 5.03. The molecular weight excluding hydrogens is 252 g/mol. The highest BCUT2D eigenvalue weighted by molar-refractivity contribution is 5.85. The summed E-state index contributed by atoms with van der Waals surface area (Å²) in [4.78, 5) is 0. The van der Waals surface area contributed by atoms with Crippen LogP contribution < -0.4 is 10.5 Å². The standard InChI is InChI=1S/C11H15F2NO2.ClH/c1-2-9(15)10(14)7-4-3-5-8(6-7)16-11(12)13;/h3-6,9-11,15H,2,14H2,1H3;1H/t9-,10+;/m0./s1. The van der Waals surface area contributed by atoms with Crippen molar-refractivity contribution in [2.45, 2.75) is 32.1 Å². The summed E-state index contributed by atoms with van der Waals surface area (Å²) >= 11 is 0. The van der Waals surface area contributed by atoms with E-state index in [0.717, 1.165) is 0 Å². The van der Waals surface area contributed by atoms with Crippen molar-refractivity contribution in [3.63, 3.8) is 0 Å². The lowest BCUT2D eigenvalue weighted by Crippen LogP contribution is -2.25. The zero-order chi connectivity index (χ0) is 12.1. The van der Waals surface area contributed by atoms with Gasteiger partial charge in [0.25, 0.3) is 0 Å². The van der Waals surface area contributed by atoms with Gasteiger partial charge in [0.1, 0.15) is 5.75 Å². The van der Waals surface area contributed by atoms with Gasteiger partial charge in [0.2, 0.25) is 0 Å². The number of nitrogens with two attached hydrogens (primary N) is 1. The minimum atomic E-state index is -2.86. The van der Waals surface area contributed by atoms with Crippen LogP contribution in [0.15, 0.2) is 24.3 Å². The van der Waals surface area contributed by atoms with E-state index in [9.17, 15) is 13.9 Å². The fourth-order valence-electron chi connectivity index (χ4n) is 1.37. The van der Waals surface area contributed by atoms with E-state index < -0.39 is 18.8 Å². The predicted molar refractivity (Wildman–Crippen MR) is 63.5 cm³/mol. The fraction of sp³-hybridized carbons (Fsp3) is 0.455. The summed E-state index contributed by atoms with van der Waals surface area (Å²) in [6, 6.07) is 5.47. The summed E-state index contributed by atoms with van der Waals surface area (Å²) in [5.74, 6) is 0.0475. The Kier molecular flexibility index (Phi) is 7.03. The molecule has 0 saturated heterocycles. The quantitative estimate of drug-likeness (QED) is 0.862. The van der Waals surface area contributed by atoms with Gasteiger partial charge in [-0.1, -0.05) is 19.1 Å². The summed E-state index contributed by atoms with van der Waals surface area (Å²) in [6.07, 6.45) is -0.192. The van der Waals surface area contributed by atoms with Crippen LogP contribution in [0.2, 0.25) is 0 Å². The molecule has 2 atom stereocenters. The molecule has 0 aromatic heterocycles. The number of hydrogen-bond donors (Lipinski definition) is 2. The van der Waals surface area contributed by atoms with Crippen molar-refractivity contribution in [1.82, 2.24) is 0 Å². The van der Waals surface area contributed by atoms with Crippen LogP contribution in [-0.4, -0.2) is 17.8 Å². The first-order chi connectivity index (χ1) is 7.54. The van der Waals surface area contributed by atoms with Crippen LogP contribution in [0.3, 0.4) is 0 Å². The molecule has 0 aliphatic carbocycles. The zero-order valence-electron chi connectivity index (χ0n) is 9.35. The summed E-state index contributed by atoms with van der Waals surface area (Å²) in [5.41, 5.74) is 6.33. The lowest BCUT2D eigenvalue weighted by Gasteiger charge is -2.18. The lowest BCUT2D eigenvalue weighted by atomic mass is 10.0. The van der Waals surface area contributed by atoms with E-state index in [-0.39, 0.29) is 18.2 Å². The van der Waals surface area contributed by atoms with Crippen LogP contribution in [0, 0.1) is 0 Å². The van der Waals surface area contributed by atoms with Crippen molar-refractivity contribution < 1.29 is 18.6 Å². The Labute approximate surface area is 105 Å². The molecule has 0 amide bonds. The number of alkyl halides is 2. The largest absolute Gasteiger partial charge is 0.435 e. The van der Waals surface area contributed by atoms with Gasteiger partial charge in [-0.05, 0) is 24.1 Å². The summed E-state index contributed by atoms with van der Waals surface area (Å²) < 4.78 is 28.2. The third-order valence-electron chi connectivity index (χ3n) is 2.30. The van der Waals surface area contributed by atoms with Crippen LogP contribution in [0.1, 0.15) is 24.9 Å². The molecular formula is C11H16ClF2NO2. The van der Waals surface area contributed by atoms with Crippen molar-refractivity contribution in [1.29, 1.82) is 0 Å². The maximum atomic E-state index is 12.0. The molecule has 1 aromatic carbocycles. The van der Waals surface area contributed by atoms with Crippen LogP contribution >= 0.6 is 12.4 Å². The Hall–Kier alpha value is -0.910. The number of benzene rings is 1. The van der Waals surface area contributed by atoms with Crippen molar-refractivity contribution in [2.75, 3.05) is 0 Å². The van der Waals surface area contributed by atoms with Gasteiger partial charge >= 0.3 is 6.61 Å². The molecule has 0 spiro atoms. The lowest BCUT2D eigenvalue weighted by molar-refractivity contribution is -0.0499. The van der Waals surface area contributed by atoms with Crippen LogP contribution in [0.25, 0.3) is 0 Å². The first-order valence-corrected chi connectivity index (χ1v) is 5.03. The molecule has 0 saturated carbocycles. The third kappa shape index (κ3) is 4.85. The Morgan fingerprint density at radius 3 is 2.59 bits per heavy atom. The molecule has 1 rings (SSSR count). The Morgan fingerprint density at radius 2 is 2.06 bits per heavy atom. The molecule has 0 bridgehead atoms. The first kappa shape index (κ1) is 16.1. The van der Waals surface area contributed by atoms with Crippen molar-refractivity contribution in [3.05, 3.63) is 29.8 Å². The maximum Gasteiger partial charge on any atom is 0.387 e. The van der Waals surface area contributed by atoms with Crippen molar-refractivity contribution in [3.8, 4) is 5.75 Å². The normalized spacial score (nSPS) is 14.0. The van der Waals surface area contributed by atoms with Gasteiger partial charge < -0.3 is 15.6 Å². The minimum absolute atomic E-state index is 0. The highest BCUT2D eigenvalue weighted by atomic mass is 35.5. The Balaban J connectivity index is 0.00000256. The number of aliphatic hydroxyl groups excluding tert-OH is 1. The topological polar surface area (TPSA) is 55.5 Å². The van der Waals surface area contributed by atoms with Gasteiger partial charge in [0, 0.05) is 0 Å². The van der Waals surface area contributed by atoms with E-state index in [1.54, 1.807) is 19.1 Å². The number of ether oxygens (including phenoxy) is 1. The summed E-state index contributed by atoms with van der Waals surface area (Å²) in [6.45, 7) is -1.06. The van der Waals surface area contributed by atoms with E-state index in [2.05, 4.69) is 4.74 Å². The Bertz CT molecular complexity index is 339. The van der Waals surface area contributed by atoms with Gasteiger partial charge in [-0.3, -0.25) is 0 Å². The number of aliphatic hydroxyl groups is 1. The van der Waals surface area contributed by atoms with Gasteiger partial charge in [0.15, 0.2) is 0 Å². The zero-order valence-corrected chi connectivity index (χ0v) is 10.2. The van der Waals surface area contributed by atoms with Gasteiger partial charge in [0.05, 0.1) is 12.1 Å². The monoisotopic (exact) mass is 267 g/mol. The average molecular weight is 268 g/mol. The van der Waals surface area contributed by atoms with E-state index in [1.165, 1.54) is 12.1 Å². The maximum absolute atomic E-state index is 12.0. The Morgan fingerprint density at radius 1 is 1.41 bits per heavy atom. The molecule has 3 N–H and O–H groups in total. The van der Waals surface area contributed by atoms with Gasteiger partial charge in [-0.15, -0.1) is 12.4 Å². The van der Waals surface area contributed by atoms with Crippen LogP contribution in [-0.2, 0) is 0 Å². The molecule has 0 radical (unpaired) electrons. The van der Waals surface area contributed by atoms with Gasteiger partial charge in [-0.2, -0.15) is 8.78 Å². The predicted octanol–water partition coefficient (Wildman–Crippen LogP) is 2.48. The van der Waals surface area contributed by atoms with E-state index >= 15 is 0 Å². The molecule has 0 aliphatic heterocycles. The summed E-state index contributed by atoms with van der Waals surface area (Å²) in [5, 5.41) is 9.54. The van der Waals surface area contributed by atoms with Crippen molar-refractivity contribution in [2.24, 2.45) is 5.73 Å². The van der Waals surface area contributed by atoms with Crippen molar-refractivity contribution >= 4 is 12.4 Å². The minimum Gasteiger partial charge on any atom is -0.435 e. The second-order valence-electron chi connectivity index (χ2n) is 3.45. The van der Waals surface area contributed by atoms with Crippen LogP contribution in [0.4, 0.5) is 8.78 Å². The van der Waals surface area contributed by atoms with E-state index in [4.69, 9.17) is 5.73 Å². The molecule has 6 heteroatoms. The average Bonchev–Trinajstić information content (AvgIpc) is 2.26. The molecule has 0 unspecified atom stereocenters. The second-order valence-corrected chi connectivity index (χ2v) is 3.45. The molecule has 0 aliphatic rings. The van der Waals surface area contributed by atoms with Crippen LogP contribution in [0.5, 0.6) is 5.75 Å². The SMILES string of the molecule is CC[C@H](O)[C@H](N)c1cccc(OC(F)F)c1.Cl. The highest BCUT2D eigenvalue weighted by Crippen LogP contribution is 2.22. The number of rotatable bonds is 5. The highest BCUT2D eigenvalue weighted by Gasteiger charge is 2.15. The summed E-state index contributed by atoms with van der Waals surface area (Å²) in [7, 11) is 0. The van der Waals surface area contributed by atoms with E-state index in [1.807, 2.05) is 0 Å². The molecule has 17 heavy (non-hydrogen) atoms. The number of hydrogen-bond acceptors (Lipinski definition) is 3. The van der Waals surface area contributed by atoms with Gasteiger partial charge in [-0.25, -0.2) is 0 Å².